The molecule has 2 aliphatic heterocycles. The van der Waals surface area contributed by atoms with Gasteiger partial charge in [0.1, 0.15) is 11.9 Å². The molecule has 4 rings (SSSR count). The number of nitrogens with zero attached hydrogens (tertiary/aromatic N) is 2. The smallest absolute Gasteiger partial charge is 0.430 e. The van der Waals surface area contributed by atoms with Gasteiger partial charge in [0.2, 0.25) is 5.91 Å². The number of hydrogen-bond donors (Lipinski definition) is 0. The summed E-state index contributed by atoms with van der Waals surface area (Å²) in [5.74, 6) is 1.05. The molecule has 0 aromatic heterocycles. The van der Waals surface area contributed by atoms with Crippen LogP contribution >= 0.6 is 0 Å². The molecular formula is C23H30N2O6. The number of amides is 1. The van der Waals surface area contributed by atoms with Crippen LogP contribution in [-0.2, 0) is 9.53 Å². The molecule has 1 spiro atoms. The molecule has 3 fully saturated rings. The van der Waals surface area contributed by atoms with Crippen molar-refractivity contribution in [3.8, 4) is 5.75 Å². The fraction of sp³-hybridized carbons (Fsp3) is 0.652. The fourth-order valence-electron chi connectivity index (χ4n) is 6.21. The molecule has 31 heavy (non-hydrogen) atoms. The van der Waals surface area contributed by atoms with Gasteiger partial charge in [0.25, 0.3) is 5.69 Å². The van der Waals surface area contributed by atoms with Gasteiger partial charge in [0, 0.05) is 36.6 Å². The lowest BCUT2D eigenvalue weighted by Crippen LogP contribution is -2.58. The highest BCUT2D eigenvalue weighted by Gasteiger charge is 2.56. The van der Waals surface area contributed by atoms with Crippen molar-refractivity contribution in [2.45, 2.75) is 76.4 Å². The summed E-state index contributed by atoms with van der Waals surface area (Å²) in [5.41, 5.74) is -0.138. The van der Waals surface area contributed by atoms with E-state index in [4.69, 9.17) is 9.47 Å². The van der Waals surface area contributed by atoms with Gasteiger partial charge in [-0.2, -0.15) is 0 Å². The second kappa shape index (κ2) is 8.85. The number of rotatable bonds is 5. The van der Waals surface area contributed by atoms with Crippen molar-refractivity contribution >= 4 is 17.7 Å². The van der Waals surface area contributed by atoms with Crippen molar-refractivity contribution in [2.75, 3.05) is 6.54 Å². The average Bonchev–Trinajstić information content (AvgIpc) is 3.11. The number of carbonyl (C=O) groups is 2. The van der Waals surface area contributed by atoms with Crippen LogP contribution in [0.25, 0.3) is 0 Å². The van der Waals surface area contributed by atoms with E-state index in [1.807, 2.05) is 0 Å². The Morgan fingerprint density at radius 2 is 2.00 bits per heavy atom. The summed E-state index contributed by atoms with van der Waals surface area (Å²) in [5, 5.41) is 10.8. The molecule has 2 heterocycles. The minimum absolute atomic E-state index is 0.0645. The molecule has 1 aromatic carbocycles. The minimum atomic E-state index is -0.774. The molecule has 8 nitrogen and oxygen atoms in total. The molecule has 1 aliphatic carbocycles. The van der Waals surface area contributed by atoms with Crippen molar-refractivity contribution in [1.82, 2.24) is 4.90 Å². The molecule has 1 saturated carbocycles. The van der Waals surface area contributed by atoms with E-state index in [0.717, 1.165) is 57.9 Å². The zero-order valence-corrected chi connectivity index (χ0v) is 18.0. The van der Waals surface area contributed by atoms with Crippen LogP contribution in [0.15, 0.2) is 24.3 Å². The predicted molar refractivity (Wildman–Crippen MR) is 113 cm³/mol. The molecule has 0 bridgehead atoms. The van der Waals surface area contributed by atoms with Crippen molar-refractivity contribution in [2.24, 2.45) is 11.8 Å². The Kier molecular flexibility index (Phi) is 6.16. The molecule has 2 saturated heterocycles. The number of ether oxygens (including phenoxy) is 2. The van der Waals surface area contributed by atoms with Crippen LogP contribution in [0.4, 0.5) is 10.5 Å². The Bertz CT molecular complexity index is 841. The first-order valence-corrected chi connectivity index (χ1v) is 11.4. The highest BCUT2D eigenvalue weighted by molar-refractivity contribution is 5.78. The Labute approximate surface area is 182 Å². The highest BCUT2D eigenvalue weighted by Crippen LogP contribution is 2.53. The first kappa shape index (κ1) is 21.6. The van der Waals surface area contributed by atoms with E-state index in [1.54, 1.807) is 0 Å². The summed E-state index contributed by atoms with van der Waals surface area (Å²) < 4.78 is 11.1. The van der Waals surface area contributed by atoms with E-state index in [2.05, 4.69) is 11.8 Å². The third kappa shape index (κ3) is 4.12. The first-order chi connectivity index (χ1) is 14.9. The minimum Gasteiger partial charge on any atom is -0.430 e. The topological polar surface area (TPSA) is 99.0 Å². The van der Waals surface area contributed by atoms with Crippen LogP contribution in [0.3, 0.4) is 0 Å². The van der Waals surface area contributed by atoms with Crippen molar-refractivity contribution in [3.63, 3.8) is 0 Å². The predicted octanol–water partition coefficient (Wildman–Crippen LogP) is 4.85. The van der Waals surface area contributed by atoms with E-state index in [9.17, 15) is 19.7 Å². The quantitative estimate of drug-likeness (QED) is 0.287. The van der Waals surface area contributed by atoms with Crippen LogP contribution in [0.2, 0.25) is 0 Å². The third-order valence-electron chi connectivity index (χ3n) is 7.40. The Hall–Kier alpha value is -2.64. The second-order valence-corrected chi connectivity index (χ2v) is 9.00. The molecule has 0 N–H and O–H groups in total. The largest absolute Gasteiger partial charge is 0.514 e. The lowest BCUT2D eigenvalue weighted by Gasteiger charge is -2.52. The number of nitro groups is 1. The van der Waals surface area contributed by atoms with E-state index >= 15 is 0 Å². The fourth-order valence-corrected chi connectivity index (χ4v) is 6.21. The molecule has 0 radical (unpaired) electrons. The van der Waals surface area contributed by atoms with Gasteiger partial charge in [0.15, 0.2) is 0 Å². The molecule has 1 amide bonds. The summed E-state index contributed by atoms with van der Waals surface area (Å²) in [7, 11) is 0. The summed E-state index contributed by atoms with van der Waals surface area (Å²) >= 11 is 0. The third-order valence-corrected chi connectivity index (χ3v) is 7.40. The number of carbonyl (C=O) groups excluding carboxylic acids is 2. The lowest BCUT2D eigenvalue weighted by atomic mass is 9.62. The summed E-state index contributed by atoms with van der Waals surface area (Å²) in [4.78, 5) is 37.7. The van der Waals surface area contributed by atoms with Gasteiger partial charge < -0.3 is 14.4 Å². The Balaban J connectivity index is 1.48. The molecule has 4 atom stereocenters. The Morgan fingerprint density at radius 1 is 1.23 bits per heavy atom. The summed E-state index contributed by atoms with van der Waals surface area (Å²) in [6, 6.07) is 5.38. The van der Waals surface area contributed by atoms with Gasteiger partial charge in [-0.25, -0.2) is 4.79 Å². The van der Waals surface area contributed by atoms with Crippen molar-refractivity contribution in [1.29, 1.82) is 0 Å². The van der Waals surface area contributed by atoms with Crippen molar-refractivity contribution in [3.05, 3.63) is 34.4 Å². The van der Waals surface area contributed by atoms with Gasteiger partial charge in [-0.15, -0.1) is 0 Å². The van der Waals surface area contributed by atoms with E-state index in [-0.39, 0.29) is 34.9 Å². The standard InChI is InChI=1S/C23H30N2O6/c1-2-5-18-19-6-3-7-21(26)24-15-4-13-23(19,24)14-12-20(18)31-22(27)30-17-10-8-16(9-11-17)25(28)29/h8-11,18-20H,2-7,12-15H2,1H3/t18-,19+,20+,23-/m1/s1. The first-order valence-electron chi connectivity index (χ1n) is 11.4. The zero-order valence-electron chi connectivity index (χ0n) is 18.0. The van der Waals surface area contributed by atoms with Gasteiger partial charge >= 0.3 is 6.16 Å². The highest BCUT2D eigenvalue weighted by atomic mass is 16.7. The lowest BCUT2D eigenvalue weighted by molar-refractivity contribution is -0.384. The zero-order chi connectivity index (χ0) is 22.0. The number of hydrogen-bond acceptors (Lipinski definition) is 6. The summed E-state index contributed by atoms with van der Waals surface area (Å²) in [6.07, 6.45) is 7.10. The normalized spacial score (nSPS) is 30.2. The maximum Gasteiger partial charge on any atom is 0.514 e. The number of nitro benzene ring substituents is 1. The molecule has 3 aliphatic rings. The maximum atomic E-state index is 12.7. The van der Waals surface area contributed by atoms with Gasteiger partial charge in [-0.05, 0) is 63.0 Å². The van der Waals surface area contributed by atoms with Crippen molar-refractivity contribution < 1.29 is 24.0 Å². The monoisotopic (exact) mass is 430 g/mol. The SMILES string of the molecule is CCC[C@H]1[C@@H](OC(=O)Oc2ccc([N+](=O)[O-])cc2)CC[C@@]23CCCN2C(=O)CCC[C@@H]13. The Morgan fingerprint density at radius 3 is 2.71 bits per heavy atom. The van der Waals surface area contributed by atoms with Crippen LogP contribution < -0.4 is 4.74 Å². The van der Waals surface area contributed by atoms with E-state index < -0.39 is 11.1 Å². The van der Waals surface area contributed by atoms with Gasteiger partial charge in [-0.1, -0.05) is 13.3 Å². The molecule has 8 heteroatoms. The molecule has 1 aromatic rings. The van der Waals surface area contributed by atoms with E-state index in [0.29, 0.717) is 12.3 Å². The van der Waals surface area contributed by atoms with Crippen LogP contribution in [0, 0.1) is 22.0 Å². The van der Waals surface area contributed by atoms with Crippen LogP contribution in [0.1, 0.15) is 64.7 Å². The second-order valence-electron chi connectivity index (χ2n) is 9.00. The number of benzene rings is 1. The average molecular weight is 431 g/mol. The van der Waals surface area contributed by atoms with Crippen LogP contribution in [0.5, 0.6) is 5.75 Å². The van der Waals surface area contributed by atoms with Gasteiger partial charge in [0.05, 0.1) is 4.92 Å². The van der Waals surface area contributed by atoms with Crippen LogP contribution in [-0.4, -0.2) is 40.1 Å². The number of non-ortho nitro benzene ring substituents is 1. The van der Waals surface area contributed by atoms with Gasteiger partial charge in [-0.3, -0.25) is 14.9 Å². The molecular weight excluding hydrogens is 400 g/mol. The van der Waals surface area contributed by atoms with E-state index in [1.165, 1.54) is 24.3 Å². The molecule has 168 valence electrons. The summed E-state index contributed by atoms with van der Waals surface area (Å²) in [6.45, 7) is 2.99. The maximum absolute atomic E-state index is 12.7. The molecule has 0 unspecified atom stereocenters.